The zero-order chi connectivity index (χ0) is 12.3. The number of rotatable bonds is 4. The van der Waals surface area contributed by atoms with Gasteiger partial charge in [-0.05, 0) is 24.3 Å². The highest BCUT2D eigenvalue weighted by molar-refractivity contribution is 7.99. The quantitative estimate of drug-likeness (QED) is 0.788. The average molecular weight is 257 g/mol. The number of halogens is 1. The van der Waals surface area contributed by atoms with Crippen LogP contribution in [0.15, 0.2) is 29.2 Å². The van der Waals surface area contributed by atoms with Crippen LogP contribution >= 0.6 is 11.8 Å². The zero-order valence-electron chi connectivity index (χ0n) is 9.42. The summed E-state index contributed by atoms with van der Waals surface area (Å²) in [7, 11) is 0. The molecule has 0 aromatic heterocycles. The largest absolute Gasteiger partial charge is 0.389 e. The first-order valence-corrected chi connectivity index (χ1v) is 6.60. The predicted octanol–water partition coefficient (Wildman–Crippen LogP) is 0.955. The minimum absolute atomic E-state index is 0.222. The second kappa shape index (κ2) is 5.82. The van der Waals surface area contributed by atoms with Gasteiger partial charge in [0.25, 0.3) is 0 Å². The highest BCUT2D eigenvalue weighted by atomic mass is 32.2. The molecule has 1 saturated heterocycles. The highest BCUT2D eigenvalue weighted by Gasteiger charge is 2.28. The first-order valence-electron chi connectivity index (χ1n) is 5.62. The molecule has 0 radical (unpaired) electrons. The summed E-state index contributed by atoms with van der Waals surface area (Å²) < 4.78 is 12.7. The molecule has 2 atom stereocenters. The molecule has 1 aromatic carbocycles. The van der Waals surface area contributed by atoms with Crippen LogP contribution < -0.4 is 0 Å². The van der Waals surface area contributed by atoms with Crippen LogP contribution in [0.1, 0.15) is 0 Å². The second-order valence-corrected chi connectivity index (χ2v) is 5.36. The molecule has 0 aliphatic carbocycles. The predicted molar refractivity (Wildman–Crippen MR) is 65.6 cm³/mol. The number of aliphatic hydroxyl groups excluding tert-OH is 2. The molecule has 94 valence electrons. The maximum absolute atomic E-state index is 12.7. The van der Waals surface area contributed by atoms with E-state index >= 15 is 0 Å². The van der Waals surface area contributed by atoms with Crippen molar-refractivity contribution in [2.45, 2.75) is 17.1 Å². The summed E-state index contributed by atoms with van der Waals surface area (Å²) >= 11 is 1.65. The molecule has 2 rings (SSSR count). The molecule has 0 spiro atoms. The summed E-state index contributed by atoms with van der Waals surface area (Å²) in [6.07, 6.45) is -1.24. The van der Waals surface area contributed by atoms with Crippen molar-refractivity contribution in [3.63, 3.8) is 0 Å². The minimum Gasteiger partial charge on any atom is -0.389 e. The SMILES string of the molecule is OC1CN(CCSc2ccc(F)cc2)CC1O. The van der Waals surface area contributed by atoms with Gasteiger partial charge in [-0.2, -0.15) is 0 Å². The van der Waals surface area contributed by atoms with E-state index in [0.29, 0.717) is 13.1 Å². The molecule has 1 aliphatic heterocycles. The van der Waals surface area contributed by atoms with E-state index in [1.807, 2.05) is 4.90 Å². The lowest BCUT2D eigenvalue weighted by Gasteiger charge is -2.13. The van der Waals surface area contributed by atoms with Crippen molar-refractivity contribution in [3.8, 4) is 0 Å². The standard InChI is InChI=1S/C12H16FNO2S/c13-9-1-3-10(4-2-9)17-6-5-14-7-11(15)12(16)8-14/h1-4,11-12,15-16H,5-8H2. The van der Waals surface area contributed by atoms with Crippen molar-refractivity contribution in [3.05, 3.63) is 30.1 Å². The average Bonchev–Trinajstić information content (AvgIpc) is 2.61. The molecule has 3 nitrogen and oxygen atoms in total. The van der Waals surface area contributed by atoms with Gasteiger partial charge in [0.2, 0.25) is 0 Å². The van der Waals surface area contributed by atoms with Gasteiger partial charge in [0, 0.05) is 30.3 Å². The van der Waals surface area contributed by atoms with Crippen LogP contribution in [0.5, 0.6) is 0 Å². The van der Waals surface area contributed by atoms with Crippen LogP contribution in [0, 0.1) is 5.82 Å². The Labute approximate surface area is 104 Å². The monoisotopic (exact) mass is 257 g/mol. The van der Waals surface area contributed by atoms with E-state index in [9.17, 15) is 14.6 Å². The third-order valence-electron chi connectivity index (χ3n) is 2.82. The summed E-state index contributed by atoms with van der Waals surface area (Å²) in [6, 6.07) is 6.42. The Hall–Kier alpha value is -0.620. The molecule has 2 N–H and O–H groups in total. The van der Waals surface area contributed by atoms with Gasteiger partial charge in [-0.25, -0.2) is 4.39 Å². The number of hydrogen-bond donors (Lipinski definition) is 2. The molecule has 0 saturated carbocycles. The van der Waals surface area contributed by atoms with Gasteiger partial charge in [0.15, 0.2) is 0 Å². The highest BCUT2D eigenvalue weighted by Crippen LogP contribution is 2.19. The van der Waals surface area contributed by atoms with Crippen molar-refractivity contribution in [2.24, 2.45) is 0 Å². The van der Waals surface area contributed by atoms with Gasteiger partial charge in [-0.15, -0.1) is 11.8 Å². The Balaban J connectivity index is 1.71. The van der Waals surface area contributed by atoms with Crippen LogP contribution in [-0.4, -0.2) is 52.7 Å². The van der Waals surface area contributed by atoms with Gasteiger partial charge < -0.3 is 10.2 Å². The van der Waals surface area contributed by atoms with Crippen molar-refractivity contribution < 1.29 is 14.6 Å². The third kappa shape index (κ3) is 3.67. The van der Waals surface area contributed by atoms with Crippen LogP contribution in [0.4, 0.5) is 4.39 Å². The molecule has 2 unspecified atom stereocenters. The summed E-state index contributed by atoms with van der Waals surface area (Å²) in [4.78, 5) is 3.07. The van der Waals surface area contributed by atoms with E-state index in [-0.39, 0.29) is 5.82 Å². The summed E-state index contributed by atoms with van der Waals surface area (Å²) in [5.74, 6) is 0.644. The van der Waals surface area contributed by atoms with E-state index < -0.39 is 12.2 Å². The van der Waals surface area contributed by atoms with Gasteiger partial charge >= 0.3 is 0 Å². The molecule has 17 heavy (non-hydrogen) atoms. The Morgan fingerprint density at radius 3 is 2.35 bits per heavy atom. The molecule has 1 aromatic rings. The lowest BCUT2D eigenvalue weighted by atomic mass is 10.3. The van der Waals surface area contributed by atoms with E-state index in [2.05, 4.69) is 0 Å². The molecule has 0 bridgehead atoms. The number of β-amino-alcohol motifs (C(OH)–C–C–N with tert-alkyl or cyclic N) is 2. The lowest BCUT2D eigenvalue weighted by Crippen LogP contribution is -2.24. The second-order valence-electron chi connectivity index (χ2n) is 4.20. The number of benzene rings is 1. The van der Waals surface area contributed by atoms with E-state index in [1.165, 1.54) is 12.1 Å². The van der Waals surface area contributed by atoms with Crippen LogP contribution in [0.2, 0.25) is 0 Å². The van der Waals surface area contributed by atoms with Crippen molar-refractivity contribution in [1.29, 1.82) is 0 Å². The molecule has 1 aliphatic rings. The number of likely N-dealkylation sites (tertiary alicyclic amines) is 1. The molecular weight excluding hydrogens is 241 g/mol. The number of aliphatic hydroxyl groups is 2. The van der Waals surface area contributed by atoms with Gasteiger partial charge in [-0.1, -0.05) is 0 Å². The maximum atomic E-state index is 12.7. The van der Waals surface area contributed by atoms with E-state index in [0.717, 1.165) is 17.2 Å². The summed E-state index contributed by atoms with van der Waals surface area (Å²) in [5, 5.41) is 18.7. The Bertz CT molecular complexity index is 350. The Morgan fingerprint density at radius 2 is 1.76 bits per heavy atom. The summed E-state index contributed by atoms with van der Waals surface area (Å²) in [5.41, 5.74) is 0. The van der Waals surface area contributed by atoms with Crippen LogP contribution in [0.3, 0.4) is 0 Å². The van der Waals surface area contributed by atoms with E-state index in [1.54, 1.807) is 23.9 Å². The van der Waals surface area contributed by atoms with E-state index in [4.69, 9.17) is 0 Å². The molecule has 1 fully saturated rings. The maximum Gasteiger partial charge on any atom is 0.123 e. The normalized spacial score (nSPS) is 25.4. The number of hydrogen-bond acceptors (Lipinski definition) is 4. The van der Waals surface area contributed by atoms with Gasteiger partial charge in [-0.3, -0.25) is 4.90 Å². The third-order valence-corrected chi connectivity index (χ3v) is 3.82. The Kier molecular flexibility index (Phi) is 4.39. The molecule has 5 heteroatoms. The number of nitrogens with zero attached hydrogens (tertiary/aromatic N) is 1. The fraction of sp³-hybridized carbons (Fsp3) is 0.500. The molecule has 0 amide bonds. The lowest BCUT2D eigenvalue weighted by molar-refractivity contribution is 0.0572. The zero-order valence-corrected chi connectivity index (χ0v) is 10.2. The molecule has 1 heterocycles. The topological polar surface area (TPSA) is 43.7 Å². The smallest absolute Gasteiger partial charge is 0.123 e. The first-order chi connectivity index (χ1) is 8.15. The van der Waals surface area contributed by atoms with Crippen LogP contribution in [-0.2, 0) is 0 Å². The Morgan fingerprint density at radius 1 is 1.18 bits per heavy atom. The van der Waals surface area contributed by atoms with Crippen LogP contribution in [0.25, 0.3) is 0 Å². The number of thioether (sulfide) groups is 1. The minimum atomic E-state index is -0.620. The van der Waals surface area contributed by atoms with Gasteiger partial charge in [0.05, 0.1) is 12.2 Å². The molecular formula is C12H16FNO2S. The first kappa shape index (κ1) is 12.8. The van der Waals surface area contributed by atoms with Gasteiger partial charge in [0.1, 0.15) is 5.82 Å². The van der Waals surface area contributed by atoms with Crippen molar-refractivity contribution in [1.82, 2.24) is 4.90 Å². The van der Waals surface area contributed by atoms with Crippen molar-refractivity contribution >= 4 is 11.8 Å². The summed E-state index contributed by atoms with van der Waals surface area (Å²) in [6.45, 7) is 1.88. The fourth-order valence-electron chi connectivity index (χ4n) is 1.85. The fourth-order valence-corrected chi connectivity index (χ4v) is 2.77. The van der Waals surface area contributed by atoms with Crippen molar-refractivity contribution in [2.75, 3.05) is 25.4 Å².